The molecule has 0 fully saturated rings. The summed E-state index contributed by atoms with van der Waals surface area (Å²) in [5.74, 6) is 0. The standard InChI is InChI=1S/C25H15N3S8/c1-29-20-21(30-2)34-24(33-20)25-35-22-23(36-25)32-19(31-22)16-12-6-5-11-27-17(12)18-13(16)8-9-15(28-18)14-7-3-4-10-26-14/h3-11H,1-2H3. The lowest BCUT2D eigenvalue weighted by Crippen LogP contribution is -1.91. The number of pyridine rings is 3. The molecule has 0 radical (unpaired) electrons. The Morgan fingerprint density at radius 1 is 0.556 bits per heavy atom. The van der Waals surface area contributed by atoms with Gasteiger partial charge in [-0.2, -0.15) is 0 Å². The van der Waals surface area contributed by atoms with E-state index in [9.17, 15) is 0 Å². The van der Waals surface area contributed by atoms with Crippen LogP contribution in [0.2, 0.25) is 0 Å². The first-order valence-electron chi connectivity index (χ1n) is 10.7. The molecule has 0 bridgehead atoms. The van der Waals surface area contributed by atoms with Crippen LogP contribution >= 0.6 is 94.1 Å². The average molecular weight is 614 g/mol. The monoisotopic (exact) mass is 613 g/mol. The largest absolute Gasteiger partial charge is 0.255 e. The molecule has 0 unspecified atom stereocenters. The van der Waals surface area contributed by atoms with Gasteiger partial charge in [0.1, 0.15) is 0 Å². The van der Waals surface area contributed by atoms with Crippen molar-refractivity contribution in [1.82, 2.24) is 15.0 Å². The summed E-state index contributed by atoms with van der Waals surface area (Å²) in [6.07, 6.45) is 8.01. The Labute approximate surface area is 243 Å². The van der Waals surface area contributed by atoms with Gasteiger partial charge < -0.3 is 0 Å². The molecule has 6 heterocycles. The minimum atomic E-state index is 0.876. The fourth-order valence-corrected chi connectivity index (χ4v) is 15.8. The van der Waals surface area contributed by atoms with E-state index >= 15 is 0 Å². The van der Waals surface area contributed by atoms with Crippen molar-refractivity contribution in [3.63, 3.8) is 0 Å². The van der Waals surface area contributed by atoms with E-state index in [4.69, 9.17) is 9.97 Å². The van der Waals surface area contributed by atoms with Crippen LogP contribution in [0.3, 0.4) is 0 Å². The van der Waals surface area contributed by atoms with Gasteiger partial charge in [-0.25, -0.2) is 4.98 Å². The van der Waals surface area contributed by atoms with E-state index in [-0.39, 0.29) is 0 Å². The fraction of sp³-hybridized carbons (Fsp3) is 0.0800. The molecule has 7 rings (SSSR count). The summed E-state index contributed by atoms with van der Waals surface area (Å²) in [6.45, 7) is 0. The lowest BCUT2D eigenvalue weighted by molar-refractivity contribution is 1.22. The van der Waals surface area contributed by atoms with Gasteiger partial charge in [0.25, 0.3) is 0 Å². The Balaban J connectivity index is 1.22. The SMILES string of the molecule is CSC1=C(SC)SC(=C2SC3=C(S2)SC(=C2c4cccnc4-c4nc(-c5ccccn5)ccc42)S3)S1. The van der Waals surface area contributed by atoms with Gasteiger partial charge in [0.2, 0.25) is 0 Å². The Kier molecular flexibility index (Phi) is 6.79. The van der Waals surface area contributed by atoms with Gasteiger partial charge in [-0.05, 0) is 42.8 Å². The van der Waals surface area contributed by atoms with E-state index in [0.717, 1.165) is 28.3 Å². The van der Waals surface area contributed by atoms with Crippen molar-refractivity contribution in [2.24, 2.45) is 0 Å². The number of hydrogen-bond acceptors (Lipinski definition) is 11. The molecule has 0 aromatic carbocycles. The summed E-state index contributed by atoms with van der Waals surface area (Å²) in [4.78, 5) is 14.3. The summed E-state index contributed by atoms with van der Waals surface area (Å²) in [6, 6.07) is 14.4. The quantitative estimate of drug-likeness (QED) is 0.222. The van der Waals surface area contributed by atoms with Crippen molar-refractivity contribution < 1.29 is 0 Å². The molecule has 0 spiro atoms. The molecule has 3 aromatic heterocycles. The van der Waals surface area contributed by atoms with Crippen LogP contribution in [-0.4, -0.2) is 27.5 Å². The molecule has 3 aromatic rings. The summed E-state index contributed by atoms with van der Waals surface area (Å²) in [5, 5.41) is 0. The van der Waals surface area contributed by atoms with Crippen molar-refractivity contribution in [2.45, 2.75) is 0 Å². The maximum absolute atomic E-state index is 5.03. The molecular weight excluding hydrogens is 599 g/mol. The second-order valence-electron chi connectivity index (χ2n) is 7.62. The predicted octanol–water partition coefficient (Wildman–Crippen LogP) is 9.78. The van der Waals surface area contributed by atoms with E-state index in [0.29, 0.717) is 0 Å². The first-order chi connectivity index (χ1) is 17.7. The molecule has 1 aliphatic carbocycles. The number of hydrogen-bond donors (Lipinski definition) is 0. The number of nitrogens with zero attached hydrogens (tertiary/aromatic N) is 3. The van der Waals surface area contributed by atoms with Crippen molar-refractivity contribution in [2.75, 3.05) is 12.5 Å². The Bertz CT molecular complexity index is 1520. The van der Waals surface area contributed by atoms with Crippen LogP contribution < -0.4 is 0 Å². The molecule has 0 saturated carbocycles. The van der Waals surface area contributed by atoms with Crippen molar-refractivity contribution in [3.05, 3.63) is 95.6 Å². The van der Waals surface area contributed by atoms with E-state index in [1.54, 1.807) is 0 Å². The van der Waals surface area contributed by atoms with Crippen molar-refractivity contribution in [1.29, 1.82) is 0 Å². The summed E-state index contributed by atoms with van der Waals surface area (Å²) in [7, 11) is 0. The third kappa shape index (κ3) is 4.14. The maximum Gasteiger partial charge on any atom is 0.0979 e. The highest BCUT2D eigenvalue weighted by Gasteiger charge is 2.38. The first-order valence-corrected chi connectivity index (χ1v) is 18.1. The zero-order valence-electron chi connectivity index (χ0n) is 18.8. The fourth-order valence-electron chi connectivity index (χ4n) is 4.04. The molecule has 3 aliphatic heterocycles. The highest BCUT2D eigenvalue weighted by Crippen LogP contribution is 2.72. The van der Waals surface area contributed by atoms with Crippen molar-refractivity contribution in [3.8, 4) is 22.8 Å². The smallest absolute Gasteiger partial charge is 0.0979 e. The molecule has 11 heteroatoms. The van der Waals surface area contributed by atoms with Gasteiger partial charge in [-0.3, -0.25) is 9.97 Å². The molecule has 178 valence electrons. The molecule has 3 nitrogen and oxygen atoms in total. The van der Waals surface area contributed by atoms with Crippen LogP contribution in [0.5, 0.6) is 0 Å². The Morgan fingerprint density at radius 3 is 1.86 bits per heavy atom. The minimum Gasteiger partial charge on any atom is -0.255 e. The Morgan fingerprint density at radius 2 is 1.19 bits per heavy atom. The lowest BCUT2D eigenvalue weighted by Gasteiger charge is -2.10. The van der Waals surface area contributed by atoms with Gasteiger partial charge in [-0.1, -0.05) is 82.7 Å². The zero-order valence-corrected chi connectivity index (χ0v) is 25.3. The van der Waals surface area contributed by atoms with Crippen LogP contribution in [0.15, 0.2) is 84.5 Å². The molecule has 0 atom stereocenters. The van der Waals surface area contributed by atoms with E-state index in [1.807, 2.05) is 131 Å². The zero-order chi connectivity index (χ0) is 24.2. The molecule has 36 heavy (non-hydrogen) atoms. The van der Waals surface area contributed by atoms with E-state index in [2.05, 4.69) is 35.7 Å². The summed E-state index contributed by atoms with van der Waals surface area (Å²) < 4.78 is 9.82. The third-order valence-corrected chi connectivity index (χ3v) is 17.0. The second kappa shape index (κ2) is 10.1. The second-order valence-corrected chi connectivity index (χ2v) is 17.2. The number of rotatable bonds is 3. The molecule has 0 amide bonds. The highest BCUT2D eigenvalue weighted by molar-refractivity contribution is 8.49. The normalized spacial score (nSPS) is 18.5. The van der Waals surface area contributed by atoms with Gasteiger partial charge in [0, 0.05) is 29.1 Å². The van der Waals surface area contributed by atoms with Gasteiger partial charge in [0.15, 0.2) is 0 Å². The van der Waals surface area contributed by atoms with Gasteiger partial charge >= 0.3 is 0 Å². The topological polar surface area (TPSA) is 38.7 Å². The van der Waals surface area contributed by atoms with Crippen LogP contribution in [0.4, 0.5) is 0 Å². The number of thioether (sulfide) groups is 8. The number of fused-ring (bicyclic) bond motifs is 3. The third-order valence-electron chi connectivity index (χ3n) is 5.58. The molecule has 4 aliphatic rings. The van der Waals surface area contributed by atoms with Gasteiger partial charge in [-0.15, -0.1) is 23.5 Å². The first kappa shape index (κ1) is 24.3. The van der Waals surface area contributed by atoms with Crippen molar-refractivity contribution >= 4 is 99.7 Å². The summed E-state index contributed by atoms with van der Waals surface area (Å²) >= 11 is 15.2. The summed E-state index contributed by atoms with van der Waals surface area (Å²) in [5.41, 5.74) is 7.25. The van der Waals surface area contributed by atoms with E-state index in [1.165, 1.54) is 40.8 Å². The number of aromatic nitrogens is 3. The molecular formula is C25H15N3S8. The molecule has 0 N–H and O–H groups in total. The Hall–Kier alpha value is -0.790. The maximum atomic E-state index is 5.03. The van der Waals surface area contributed by atoms with Crippen LogP contribution in [0, 0.1) is 0 Å². The van der Waals surface area contributed by atoms with Crippen LogP contribution in [0.25, 0.3) is 28.3 Å². The van der Waals surface area contributed by atoms with Gasteiger partial charge in [0.05, 0.1) is 52.4 Å². The average Bonchev–Trinajstić information content (AvgIpc) is 3.68. The van der Waals surface area contributed by atoms with E-state index < -0.39 is 0 Å². The minimum absolute atomic E-state index is 0.876. The van der Waals surface area contributed by atoms with Crippen LogP contribution in [-0.2, 0) is 0 Å². The lowest BCUT2D eigenvalue weighted by atomic mass is 10.1. The molecule has 0 saturated heterocycles. The highest BCUT2D eigenvalue weighted by atomic mass is 32.3. The predicted molar refractivity (Wildman–Crippen MR) is 170 cm³/mol. The van der Waals surface area contributed by atoms with Crippen LogP contribution in [0.1, 0.15) is 11.1 Å².